The van der Waals surface area contributed by atoms with Gasteiger partial charge in [-0.05, 0) is 53.1 Å². The normalized spacial score (nSPS) is 11.3. The van der Waals surface area contributed by atoms with Crippen LogP contribution in [0.1, 0.15) is 10.4 Å². The van der Waals surface area contributed by atoms with Gasteiger partial charge in [0, 0.05) is 15.3 Å². The molecule has 0 aliphatic heterocycles. The van der Waals surface area contributed by atoms with Gasteiger partial charge in [0.05, 0.1) is 0 Å². The Labute approximate surface area is 128 Å². The SMILES string of the molecule is Cc1cc(-c2c3ccccc3cc3ccccc23)sc1C. The summed E-state index contributed by atoms with van der Waals surface area (Å²) in [5.41, 5.74) is 2.76. The number of fused-ring (bicyclic) bond motifs is 2. The van der Waals surface area contributed by atoms with Gasteiger partial charge in [0.15, 0.2) is 0 Å². The van der Waals surface area contributed by atoms with Gasteiger partial charge in [-0.25, -0.2) is 0 Å². The van der Waals surface area contributed by atoms with E-state index in [0.29, 0.717) is 0 Å². The Morgan fingerprint density at radius 1 is 0.714 bits per heavy atom. The fourth-order valence-electron chi connectivity index (χ4n) is 2.98. The van der Waals surface area contributed by atoms with Crippen molar-refractivity contribution in [1.29, 1.82) is 0 Å². The highest BCUT2D eigenvalue weighted by Gasteiger charge is 2.12. The molecule has 102 valence electrons. The minimum atomic E-state index is 1.31. The smallest absolute Gasteiger partial charge is 0.0360 e. The molecule has 0 N–H and O–H groups in total. The maximum absolute atomic E-state index is 2.33. The molecule has 0 spiro atoms. The standard InChI is InChI=1S/C20H16S/c1-13-11-19(21-14(13)2)20-17-9-5-3-7-15(17)12-16-8-4-6-10-18(16)20/h3-12H,1-2H3. The van der Waals surface area contributed by atoms with Crippen molar-refractivity contribution in [2.45, 2.75) is 13.8 Å². The molecule has 0 aliphatic carbocycles. The number of hydrogen-bond donors (Lipinski definition) is 0. The van der Waals surface area contributed by atoms with Gasteiger partial charge in [-0.2, -0.15) is 0 Å². The Balaban J connectivity index is 2.21. The first-order valence-corrected chi connectivity index (χ1v) is 8.03. The minimum absolute atomic E-state index is 1.31. The molecule has 1 heterocycles. The number of aryl methyl sites for hydroxylation is 2. The third-order valence-electron chi connectivity index (χ3n) is 4.18. The zero-order valence-electron chi connectivity index (χ0n) is 12.2. The summed E-state index contributed by atoms with van der Waals surface area (Å²) < 4.78 is 0. The van der Waals surface area contributed by atoms with Crippen LogP contribution in [0.4, 0.5) is 0 Å². The average molecular weight is 288 g/mol. The summed E-state index contributed by atoms with van der Waals surface area (Å²) in [6.07, 6.45) is 0. The molecule has 4 rings (SSSR count). The van der Waals surface area contributed by atoms with Crippen LogP contribution in [0.15, 0.2) is 60.7 Å². The molecule has 1 aromatic heterocycles. The number of rotatable bonds is 1. The lowest BCUT2D eigenvalue weighted by molar-refractivity contribution is 1.44. The van der Waals surface area contributed by atoms with Gasteiger partial charge in [-0.3, -0.25) is 0 Å². The maximum Gasteiger partial charge on any atom is 0.0360 e. The summed E-state index contributed by atoms with van der Waals surface area (Å²) in [4.78, 5) is 2.78. The number of hydrogen-bond acceptors (Lipinski definition) is 1. The zero-order chi connectivity index (χ0) is 14.4. The number of thiophene rings is 1. The molecule has 0 nitrogen and oxygen atoms in total. The van der Waals surface area contributed by atoms with Crippen LogP contribution in [0.25, 0.3) is 32.0 Å². The first kappa shape index (κ1) is 12.6. The molecule has 4 aromatic rings. The quantitative estimate of drug-likeness (QED) is 0.359. The van der Waals surface area contributed by atoms with E-state index in [1.54, 1.807) is 0 Å². The maximum atomic E-state index is 2.33. The number of benzene rings is 3. The third kappa shape index (κ3) is 1.97. The predicted molar refractivity (Wildman–Crippen MR) is 94.2 cm³/mol. The van der Waals surface area contributed by atoms with Crippen LogP contribution in [0, 0.1) is 13.8 Å². The molecule has 0 unspecified atom stereocenters. The fraction of sp³-hybridized carbons (Fsp3) is 0.100. The largest absolute Gasteiger partial charge is 0.140 e. The Morgan fingerprint density at radius 3 is 1.81 bits per heavy atom. The van der Waals surface area contributed by atoms with Gasteiger partial charge in [0.1, 0.15) is 0 Å². The second-order valence-corrected chi connectivity index (χ2v) is 6.80. The monoisotopic (exact) mass is 288 g/mol. The average Bonchev–Trinajstić information content (AvgIpc) is 2.83. The van der Waals surface area contributed by atoms with Crippen molar-refractivity contribution >= 4 is 32.9 Å². The van der Waals surface area contributed by atoms with Crippen LogP contribution in [-0.4, -0.2) is 0 Å². The van der Waals surface area contributed by atoms with Gasteiger partial charge in [-0.1, -0.05) is 48.5 Å². The van der Waals surface area contributed by atoms with Gasteiger partial charge in [-0.15, -0.1) is 11.3 Å². The molecule has 21 heavy (non-hydrogen) atoms. The molecule has 0 radical (unpaired) electrons. The highest BCUT2D eigenvalue weighted by molar-refractivity contribution is 7.15. The molecule has 0 atom stereocenters. The highest BCUT2D eigenvalue weighted by Crippen LogP contribution is 2.40. The minimum Gasteiger partial charge on any atom is -0.140 e. The van der Waals surface area contributed by atoms with Crippen LogP contribution in [0.5, 0.6) is 0 Å². The summed E-state index contributed by atoms with van der Waals surface area (Å²) in [6.45, 7) is 4.40. The van der Waals surface area contributed by atoms with Crippen LogP contribution < -0.4 is 0 Å². The van der Waals surface area contributed by atoms with Crippen LogP contribution >= 0.6 is 11.3 Å². The lowest BCUT2D eigenvalue weighted by Crippen LogP contribution is -1.82. The molecule has 0 amide bonds. The van der Waals surface area contributed by atoms with E-state index in [2.05, 4.69) is 74.5 Å². The topological polar surface area (TPSA) is 0 Å². The van der Waals surface area contributed by atoms with E-state index in [9.17, 15) is 0 Å². The third-order valence-corrected chi connectivity index (χ3v) is 5.35. The van der Waals surface area contributed by atoms with Gasteiger partial charge >= 0.3 is 0 Å². The zero-order valence-corrected chi connectivity index (χ0v) is 13.0. The summed E-state index contributed by atoms with van der Waals surface area (Å²) >= 11 is 1.90. The van der Waals surface area contributed by atoms with E-state index in [1.165, 1.54) is 42.4 Å². The van der Waals surface area contributed by atoms with Crippen molar-refractivity contribution in [1.82, 2.24) is 0 Å². The second-order valence-electron chi connectivity index (χ2n) is 5.54. The van der Waals surface area contributed by atoms with E-state index >= 15 is 0 Å². The van der Waals surface area contributed by atoms with E-state index in [-0.39, 0.29) is 0 Å². The van der Waals surface area contributed by atoms with Crippen molar-refractivity contribution in [3.8, 4) is 10.4 Å². The van der Waals surface area contributed by atoms with Crippen LogP contribution in [-0.2, 0) is 0 Å². The molecule has 0 bridgehead atoms. The van der Waals surface area contributed by atoms with E-state index in [4.69, 9.17) is 0 Å². The van der Waals surface area contributed by atoms with Crippen LogP contribution in [0.3, 0.4) is 0 Å². The molecule has 0 fully saturated rings. The Hall–Kier alpha value is -2.12. The van der Waals surface area contributed by atoms with Gasteiger partial charge in [0.2, 0.25) is 0 Å². The Kier molecular flexibility index (Phi) is 2.83. The van der Waals surface area contributed by atoms with Crippen molar-refractivity contribution < 1.29 is 0 Å². The van der Waals surface area contributed by atoms with Crippen molar-refractivity contribution in [2.24, 2.45) is 0 Å². The summed E-state index contributed by atoms with van der Waals surface area (Å²) in [7, 11) is 0. The van der Waals surface area contributed by atoms with Crippen molar-refractivity contribution in [2.75, 3.05) is 0 Å². The first-order valence-electron chi connectivity index (χ1n) is 7.22. The molecule has 0 aliphatic rings. The second kappa shape index (κ2) is 4.71. The Bertz CT molecular complexity index is 887. The first-order chi connectivity index (χ1) is 10.2. The fourth-order valence-corrected chi connectivity index (χ4v) is 4.08. The lowest BCUT2D eigenvalue weighted by atomic mass is 9.95. The molecular formula is C20H16S. The predicted octanol–water partition coefficient (Wildman–Crippen LogP) is 6.34. The van der Waals surface area contributed by atoms with E-state index in [0.717, 1.165) is 0 Å². The Morgan fingerprint density at radius 2 is 1.29 bits per heavy atom. The van der Waals surface area contributed by atoms with E-state index in [1.807, 2.05) is 11.3 Å². The highest BCUT2D eigenvalue weighted by atomic mass is 32.1. The molecule has 1 heteroatoms. The van der Waals surface area contributed by atoms with Crippen molar-refractivity contribution in [3.05, 3.63) is 71.1 Å². The van der Waals surface area contributed by atoms with E-state index < -0.39 is 0 Å². The summed E-state index contributed by atoms with van der Waals surface area (Å²) in [5, 5.41) is 5.32. The summed E-state index contributed by atoms with van der Waals surface area (Å²) in [6, 6.07) is 22.0. The van der Waals surface area contributed by atoms with Gasteiger partial charge in [0.25, 0.3) is 0 Å². The van der Waals surface area contributed by atoms with Gasteiger partial charge < -0.3 is 0 Å². The molecule has 0 saturated heterocycles. The van der Waals surface area contributed by atoms with Crippen molar-refractivity contribution in [3.63, 3.8) is 0 Å². The molecule has 0 saturated carbocycles. The molecular weight excluding hydrogens is 272 g/mol. The lowest BCUT2D eigenvalue weighted by Gasteiger charge is -2.10. The van der Waals surface area contributed by atoms with Crippen LogP contribution in [0.2, 0.25) is 0 Å². The summed E-state index contributed by atoms with van der Waals surface area (Å²) in [5.74, 6) is 0. The molecule has 3 aromatic carbocycles.